The van der Waals surface area contributed by atoms with Crippen molar-refractivity contribution in [3.05, 3.63) is 54.6 Å². The molecule has 1 heterocycles. The average molecular weight is 398 g/mol. The van der Waals surface area contributed by atoms with Gasteiger partial charge in [0.2, 0.25) is 5.91 Å². The van der Waals surface area contributed by atoms with Crippen LogP contribution in [0.5, 0.6) is 0 Å². The third-order valence-electron chi connectivity index (χ3n) is 4.35. The minimum Gasteiger partial charge on any atom is -0.455 e. The van der Waals surface area contributed by atoms with E-state index in [0.29, 0.717) is 11.4 Å². The van der Waals surface area contributed by atoms with E-state index in [9.17, 15) is 14.4 Å². The third kappa shape index (κ3) is 4.72. The maximum absolute atomic E-state index is 12.8. The number of anilines is 2. The number of hydrogen-bond acceptors (Lipinski definition) is 5. The highest BCUT2D eigenvalue weighted by molar-refractivity contribution is 8.00. The van der Waals surface area contributed by atoms with Gasteiger partial charge in [0, 0.05) is 17.4 Å². The number of thioether (sulfide) groups is 1. The number of benzene rings is 2. The zero-order chi connectivity index (χ0) is 20.1. The summed E-state index contributed by atoms with van der Waals surface area (Å²) < 4.78 is 5.27. The molecular weight excluding hydrogens is 376 g/mol. The number of nitrogens with zero attached hydrogens (tertiary/aromatic N) is 1. The fraction of sp³-hybridized carbons (Fsp3) is 0.286. The van der Waals surface area contributed by atoms with E-state index < -0.39 is 11.2 Å². The highest BCUT2D eigenvalue weighted by Gasteiger charge is 2.30. The molecule has 2 amide bonds. The molecule has 7 heteroatoms. The lowest BCUT2D eigenvalue weighted by molar-refractivity contribution is -0.147. The van der Waals surface area contributed by atoms with Crippen molar-refractivity contribution in [1.29, 1.82) is 0 Å². The van der Waals surface area contributed by atoms with E-state index in [-0.39, 0.29) is 30.9 Å². The number of amides is 2. The van der Waals surface area contributed by atoms with Crippen molar-refractivity contribution in [3.63, 3.8) is 0 Å². The van der Waals surface area contributed by atoms with Crippen molar-refractivity contribution >= 4 is 40.9 Å². The zero-order valence-corrected chi connectivity index (χ0v) is 16.6. The first-order valence-electron chi connectivity index (χ1n) is 9.05. The predicted octanol–water partition coefficient (Wildman–Crippen LogP) is 3.47. The Balaban J connectivity index is 1.65. The summed E-state index contributed by atoms with van der Waals surface area (Å²) >= 11 is 1.38. The predicted molar refractivity (Wildman–Crippen MR) is 109 cm³/mol. The third-order valence-corrected chi connectivity index (χ3v) is 5.44. The highest BCUT2D eigenvalue weighted by Crippen LogP contribution is 2.31. The Morgan fingerprint density at radius 2 is 1.86 bits per heavy atom. The van der Waals surface area contributed by atoms with E-state index >= 15 is 0 Å². The van der Waals surface area contributed by atoms with Crippen molar-refractivity contribution in [1.82, 2.24) is 0 Å². The minimum absolute atomic E-state index is 0.153. The standard InChI is InChI=1S/C21H22N2O4S/c1-14-12-19(24)22-17-10-6-7-11-18(17)23(14)20(25)13-27-21(26)15(2)28-16-8-4-3-5-9-16/h3-11,14-15H,12-13H2,1-2H3,(H,22,24). The van der Waals surface area contributed by atoms with Crippen molar-refractivity contribution in [2.75, 3.05) is 16.8 Å². The van der Waals surface area contributed by atoms with Crippen LogP contribution in [0.25, 0.3) is 0 Å². The molecule has 0 bridgehead atoms. The van der Waals surface area contributed by atoms with Crippen LogP contribution in [0.3, 0.4) is 0 Å². The van der Waals surface area contributed by atoms with E-state index in [2.05, 4.69) is 5.32 Å². The van der Waals surface area contributed by atoms with E-state index in [1.807, 2.05) is 30.3 Å². The Bertz CT molecular complexity index is 872. The van der Waals surface area contributed by atoms with Crippen LogP contribution >= 0.6 is 11.8 Å². The first-order chi connectivity index (χ1) is 13.5. The summed E-state index contributed by atoms with van der Waals surface area (Å²) in [7, 11) is 0. The van der Waals surface area contributed by atoms with Gasteiger partial charge in [-0.2, -0.15) is 0 Å². The SMILES string of the molecule is CC(Sc1ccccc1)C(=O)OCC(=O)N1c2ccccc2NC(=O)CC1C. The highest BCUT2D eigenvalue weighted by atomic mass is 32.2. The Morgan fingerprint density at radius 1 is 1.18 bits per heavy atom. The number of fused-ring (bicyclic) bond motifs is 1. The number of carbonyl (C=O) groups excluding carboxylic acids is 3. The maximum atomic E-state index is 12.8. The van der Waals surface area contributed by atoms with Crippen LogP contribution in [0.4, 0.5) is 11.4 Å². The fourth-order valence-electron chi connectivity index (χ4n) is 3.04. The van der Waals surface area contributed by atoms with Gasteiger partial charge >= 0.3 is 5.97 Å². The van der Waals surface area contributed by atoms with Gasteiger partial charge in [0.05, 0.1) is 11.4 Å². The van der Waals surface area contributed by atoms with E-state index in [4.69, 9.17) is 4.74 Å². The molecule has 0 radical (unpaired) electrons. The van der Waals surface area contributed by atoms with Gasteiger partial charge in [-0.3, -0.25) is 14.4 Å². The van der Waals surface area contributed by atoms with Gasteiger partial charge in [-0.1, -0.05) is 30.3 Å². The van der Waals surface area contributed by atoms with Crippen molar-refractivity contribution in [2.24, 2.45) is 0 Å². The molecule has 2 aromatic rings. The second kappa shape index (κ2) is 8.93. The van der Waals surface area contributed by atoms with Crippen LogP contribution in [0.1, 0.15) is 20.3 Å². The quantitative estimate of drug-likeness (QED) is 0.616. The van der Waals surface area contributed by atoms with Gasteiger partial charge in [-0.05, 0) is 38.1 Å². The van der Waals surface area contributed by atoms with Crippen molar-refractivity contribution in [3.8, 4) is 0 Å². The number of rotatable bonds is 5. The number of ether oxygens (including phenoxy) is 1. The van der Waals surface area contributed by atoms with Gasteiger partial charge in [0.1, 0.15) is 5.25 Å². The van der Waals surface area contributed by atoms with Gasteiger partial charge in [0.25, 0.3) is 5.91 Å². The first-order valence-corrected chi connectivity index (χ1v) is 9.93. The largest absolute Gasteiger partial charge is 0.455 e. The first kappa shape index (κ1) is 19.9. The van der Waals surface area contributed by atoms with Crippen molar-refractivity contribution in [2.45, 2.75) is 36.5 Å². The van der Waals surface area contributed by atoms with Crippen LogP contribution < -0.4 is 10.2 Å². The molecule has 2 atom stereocenters. The topological polar surface area (TPSA) is 75.7 Å². The summed E-state index contributed by atoms with van der Waals surface area (Å²) in [4.78, 5) is 39.6. The summed E-state index contributed by atoms with van der Waals surface area (Å²) in [5, 5.41) is 2.37. The smallest absolute Gasteiger partial charge is 0.319 e. The van der Waals surface area contributed by atoms with Crippen LogP contribution in [0, 0.1) is 0 Å². The monoisotopic (exact) mass is 398 g/mol. The molecule has 1 aliphatic heterocycles. The number of hydrogen-bond donors (Lipinski definition) is 1. The molecule has 3 rings (SSSR count). The Labute approximate surface area is 168 Å². The van der Waals surface area contributed by atoms with Gasteiger partial charge in [-0.25, -0.2) is 0 Å². The lowest BCUT2D eigenvalue weighted by Gasteiger charge is -2.27. The summed E-state index contributed by atoms with van der Waals surface area (Å²) in [5.74, 6) is -0.964. The van der Waals surface area contributed by atoms with Crippen LogP contribution in [-0.2, 0) is 19.1 Å². The minimum atomic E-state index is -0.452. The molecule has 28 heavy (non-hydrogen) atoms. The summed E-state index contributed by atoms with van der Waals surface area (Å²) in [6.07, 6.45) is 0.175. The fourth-order valence-corrected chi connectivity index (χ4v) is 3.93. The number of carbonyl (C=O) groups is 3. The molecule has 2 aromatic carbocycles. The van der Waals surface area contributed by atoms with Crippen LogP contribution in [0.2, 0.25) is 0 Å². The Hall–Kier alpha value is -2.80. The number of esters is 1. The lowest BCUT2D eigenvalue weighted by Crippen LogP contribution is -2.42. The Morgan fingerprint density at radius 3 is 2.61 bits per heavy atom. The van der Waals surface area contributed by atoms with Gasteiger partial charge < -0.3 is 15.0 Å². The molecule has 6 nitrogen and oxygen atoms in total. The summed E-state index contributed by atoms with van der Waals surface area (Å²) in [5.41, 5.74) is 1.18. The Kier molecular flexibility index (Phi) is 6.36. The number of para-hydroxylation sites is 2. The van der Waals surface area contributed by atoms with Crippen molar-refractivity contribution < 1.29 is 19.1 Å². The molecule has 0 aliphatic carbocycles. The molecular formula is C21H22N2O4S. The summed E-state index contributed by atoms with van der Waals surface area (Å²) in [6, 6.07) is 16.3. The van der Waals surface area contributed by atoms with E-state index in [1.54, 1.807) is 38.1 Å². The molecule has 1 N–H and O–H groups in total. The molecule has 0 saturated heterocycles. The zero-order valence-electron chi connectivity index (χ0n) is 15.8. The van der Waals surface area contributed by atoms with E-state index in [1.165, 1.54) is 16.7 Å². The average Bonchev–Trinajstić information content (AvgIpc) is 2.80. The lowest BCUT2D eigenvalue weighted by atomic mass is 10.1. The maximum Gasteiger partial charge on any atom is 0.319 e. The molecule has 0 fully saturated rings. The molecule has 146 valence electrons. The molecule has 1 aliphatic rings. The normalized spacial score (nSPS) is 17.1. The second-order valence-electron chi connectivity index (χ2n) is 6.56. The second-order valence-corrected chi connectivity index (χ2v) is 7.98. The van der Waals surface area contributed by atoms with Gasteiger partial charge in [0.15, 0.2) is 6.61 Å². The van der Waals surface area contributed by atoms with Crippen LogP contribution in [0.15, 0.2) is 59.5 Å². The number of nitrogens with one attached hydrogen (secondary N) is 1. The summed E-state index contributed by atoms with van der Waals surface area (Å²) in [6.45, 7) is 3.18. The molecule has 0 saturated carbocycles. The molecule has 2 unspecified atom stereocenters. The van der Waals surface area contributed by atoms with Crippen LogP contribution in [-0.4, -0.2) is 35.7 Å². The van der Waals surface area contributed by atoms with E-state index in [0.717, 1.165) is 4.90 Å². The van der Waals surface area contributed by atoms with Gasteiger partial charge in [-0.15, -0.1) is 11.8 Å². The molecule has 0 spiro atoms. The molecule has 0 aromatic heterocycles.